The second-order valence-electron chi connectivity index (χ2n) is 1.74. The van der Waals surface area contributed by atoms with Crippen LogP contribution in [0.1, 0.15) is 13.8 Å². The molecule has 0 aliphatic rings. The number of likely N-dealkylation sites (N-methyl/N-ethyl adjacent to an activating group) is 1. The highest BCUT2D eigenvalue weighted by Gasteiger charge is 2.06. The van der Waals surface area contributed by atoms with Crippen LogP contribution in [0.3, 0.4) is 0 Å². The molecule has 0 aliphatic heterocycles. The average Bonchev–Trinajstić information content (AvgIpc) is 1.67. The summed E-state index contributed by atoms with van der Waals surface area (Å²) in [6.45, 7) is 4.07. The normalized spacial score (nSPS) is 18.0. The fourth-order valence-corrected chi connectivity index (χ4v) is 0.380. The fourth-order valence-electron chi connectivity index (χ4n) is 0.380. The number of nitrogens with one attached hydrogen (secondary N) is 1. The molecular formula is C5H13NO2. The van der Waals surface area contributed by atoms with E-state index in [2.05, 4.69) is 5.32 Å². The maximum Gasteiger partial charge on any atom is 0.130 e. The third kappa shape index (κ3) is 2.96. The minimum atomic E-state index is -0.778. The molecule has 50 valence electrons. The lowest BCUT2D eigenvalue weighted by Gasteiger charge is -2.12. The standard InChI is InChI=1S/C5H13NO2/c1-3-6-5(8)4(2)7/h4-8H,3H2,1-2H3. The van der Waals surface area contributed by atoms with Crippen molar-refractivity contribution in [1.29, 1.82) is 0 Å². The van der Waals surface area contributed by atoms with Crippen LogP contribution in [-0.4, -0.2) is 29.1 Å². The summed E-state index contributed by atoms with van der Waals surface area (Å²) in [6.07, 6.45) is -1.46. The molecule has 2 atom stereocenters. The van der Waals surface area contributed by atoms with Crippen LogP contribution in [0.5, 0.6) is 0 Å². The third-order valence-corrected chi connectivity index (χ3v) is 0.870. The van der Waals surface area contributed by atoms with Gasteiger partial charge in [-0.05, 0) is 13.5 Å². The number of aliphatic hydroxyl groups is 2. The Morgan fingerprint density at radius 1 is 1.50 bits per heavy atom. The van der Waals surface area contributed by atoms with Gasteiger partial charge in [-0.3, -0.25) is 5.32 Å². The van der Waals surface area contributed by atoms with Crippen molar-refractivity contribution in [3.05, 3.63) is 0 Å². The minimum absolute atomic E-state index is 0.673. The van der Waals surface area contributed by atoms with E-state index in [-0.39, 0.29) is 0 Å². The van der Waals surface area contributed by atoms with E-state index < -0.39 is 12.3 Å². The molecule has 2 unspecified atom stereocenters. The van der Waals surface area contributed by atoms with E-state index in [0.29, 0.717) is 6.54 Å². The molecule has 0 aromatic rings. The van der Waals surface area contributed by atoms with Gasteiger partial charge in [0.15, 0.2) is 0 Å². The van der Waals surface area contributed by atoms with Crippen molar-refractivity contribution >= 4 is 0 Å². The van der Waals surface area contributed by atoms with Gasteiger partial charge < -0.3 is 10.2 Å². The molecule has 0 aromatic carbocycles. The zero-order valence-corrected chi connectivity index (χ0v) is 5.26. The third-order valence-electron chi connectivity index (χ3n) is 0.870. The zero-order valence-electron chi connectivity index (χ0n) is 5.26. The highest BCUT2D eigenvalue weighted by Crippen LogP contribution is 1.84. The number of hydrogen-bond acceptors (Lipinski definition) is 3. The Balaban J connectivity index is 3.17. The van der Waals surface area contributed by atoms with Crippen molar-refractivity contribution in [3.8, 4) is 0 Å². The van der Waals surface area contributed by atoms with Crippen LogP contribution in [0.15, 0.2) is 0 Å². The minimum Gasteiger partial charge on any atom is -0.389 e. The quantitative estimate of drug-likeness (QED) is 0.430. The van der Waals surface area contributed by atoms with Crippen LogP contribution in [0.2, 0.25) is 0 Å². The van der Waals surface area contributed by atoms with E-state index in [0.717, 1.165) is 0 Å². The van der Waals surface area contributed by atoms with Gasteiger partial charge in [-0.25, -0.2) is 0 Å². The highest BCUT2D eigenvalue weighted by molar-refractivity contribution is 4.56. The van der Waals surface area contributed by atoms with Crippen molar-refractivity contribution < 1.29 is 10.2 Å². The SMILES string of the molecule is CCNC(O)C(C)O. The molecule has 3 N–H and O–H groups in total. The van der Waals surface area contributed by atoms with Crippen LogP contribution < -0.4 is 5.32 Å². The summed E-state index contributed by atoms with van der Waals surface area (Å²) < 4.78 is 0. The molecule has 8 heavy (non-hydrogen) atoms. The summed E-state index contributed by atoms with van der Waals surface area (Å²) in [5.74, 6) is 0. The number of aliphatic hydroxyl groups excluding tert-OH is 2. The molecule has 3 nitrogen and oxygen atoms in total. The first-order valence-electron chi connectivity index (χ1n) is 2.78. The van der Waals surface area contributed by atoms with E-state index in [1.807, 2.05) is 6.92 Å². The van der Waals surface area contributed by atoms with Crippen molar-refractivity contribution in [2.45, 2.75) is 26.2 Å². The monoisotopic (exact) mass is 119 g/mol. The van der Waals surface area contributed by atoms with Gasteiger partial charge in [0.1, 0.15) is 6.23 Å². The van der Waals surface area contributed by atoms with Gasteiger partial charge >= 0.3 is 0 Å². The maximum absolute atomic E-state index is 8.77. The summed E-state index contributed by atoms with van der Waals surface area (Å²) in [7, 11) is 0. The van der Waals surface area contributed by atoms with Crippen LogP contribution in [0, 0.1) is 0 Å². The molecule has 0 rings (SSSR count). The summed E-state index contributed by atoms with van der Waals surface area (Å²) in [4.78, 5) is 0. The Labute approximate surface area is 49.3 Å². The maximum atomic E-state index is 8.77. The van der Waals surface area contributed by atoms with E-state index in [9.17, 15) is 0 Å². The average molecular weight is 119 g/mol. The summed E-state index contributed by atoms with van der Waals surface area (Å²) in [5, 5.41) is 20.1. The number of rotatable bonds is 3. The first kappa shape index (κ1) is 7.88. The van der Waals surface area contributed by atoms with Gasteiger partial charge in [-0.2, -0.15) is 0 Å². The second-order valence-corrected chi connectivity index (χ2v) is 1.74. The van der Waals surface area contributed by atoms with Crippen LogP contribution in [0.4, 0.5) is 0 Å². The lowest BCUT2D eigenvalue weighted by molar-refractivity contribution is 0.0106. The van der Waals surface area contributed by atoms with E-state index in [1.165, 1.54) is 6.92 Å². The molecule has 3 heteroatoms. The summed E-state index contributed by atoms with van der Waals surface area (Å²) in [5.41, 5.74) is 0. The Morgan fingerprint density at radius 3 is 2.12 bits per heavy atom. The molecule has 0 saturated carbocycles. The van der Waals surface area contributed by atoms with Crippen molar-refractivity contribution in [3.63, 3.8) is 0 Å². The lowest BCUT2D eigenvalue weighted by atomic mass is 10.3. The Hall–Kier alpha value is -0.120. The largest absolute Gasteiger partial charge is 0.389 e. The molecular weight excluding hydrogens is 106 g/mol. The predicted molar refractivity (Wildman–Crippen MR) is 31.4 cm³/mol. The first-order valence-corrected chi connectivity index (χ1v) is 2.78. The Bertz CT molecular complexity index is 56.4. The topological polar surface area (TPSA) is 52.5 Å². The van der Waals surface area contributed by atoms with E-state index in [4.69, 9.17) is 10.2 Å². The smallest absolute Gasteiger partial charge is 0.130 e. The van der Waals surface area contributed by atoms with Crippen LogP contribution in [0.25, 0.3) is 0 Å². The molecule has 0 fully saturated rings. The lowest BCUT2D eigenvalue weighted by Crippen LogP contribution is -2.37. The van der Waals surface area contributed by atoms with Gasteiger partial charge in [0.2, 0.25) is 0 Å². The highest BCUT2D eigenvalue weighted by atomic mass is 16.3. The van der Waals surface area contributed by atoms with Gasteiger partial charge in [0.25, 0.3) is 0 Å². The Morgan fingerprint density at radius 2 is 2.00 bits per heavy atom. The van der Waals surface area contributed by atoms with Gasteiger partial charge in [0, 0.05) is 0 Å². The van der Waals surface area contributed by atoms with Crippen LogP contribution >= 0.6 is 0 Å². The van der Waals surface area contributed by atoms with Gasteiger partial charge in [-0.1, -0.05) is 6.92 Å². The molecule has 0 spiro atoms. The van der Waals surface area contributed by atoms with Crippen molar-refractivity contribution in [2.24, 2.45) is 0 Å². The summed E-state index contributed by atoms with van der Waals surface area (Å²) in [6, 6.07) is 0. The summed E-state index contributed by atoms with van der Waals surface area (Å²) >= 11 is 0. The second kappa shape index (κ2) is 3.83. The zero-order chi connectivity index (χ0) is 6.57. The molecule has 0 aromatic heterocycles. The first-order chi connectivity index (χ1) is 3.68. The predicted octanol–water partition coefficient (Wildman–Crippen LogP) is -0.705. The van der Waals surface area contributed by atoms with E-state index in [1.54, 1.807) is 0 Å². The molecule has 0 aliphatic carbocycles. The van der Waals surface area contributed by atoms with Gasteiger partial charge in [-0.15, -0.1) is 0 Å². The van der Waals surface area contributed by atoms with Gasteiger partial charge in [0.05, 0.1) is 6.10 Å². The molecule has 0 bridgehead atoms. The van der Waals surface area contributed by atoms with Crippen LogP contribution in [-0.2, 0) is 0 Å². The molecule has 0 saturated heterocycles. The van der Waals surface area contributed by atoms with E-state index >= 15 is 0 Å². The Kier molecular flexibility index (Phi) is 3.77. The fraction of sp³-hybridized carbons (Fsp3) is 1.00. The molecule has 0 radical (unpaired) electrons. The van der Waals surface area contributed by atoms with Crippen molar-refractivity contribution in [2.75, 3.05) is 6.54 Å². The number of hydrogen-bond donors (Lipinski definition) is 3. The van der Waals surface area contributed by atoms with Crippen molar-refractivity contribution in [1.82, 2.24) is 5.32 Å². The molecule has 0 heterocycles. The molecule has 0 amide bonds.